The lowest BCUT2D eigenvalue weighted by Gasteiger charge is -2.17. The molecule has 2 aliphatic rings. The number of carboxylic acids is 1. The van der Waals surface area contributed by atoms with Gasteiger partial charge in [-0.15, -0.1) is 0 Å². The molecule has 0 heterocycles. The topological polar surface area (TPSA) is 105 Å². The van der Waals surface area contributed by atoms with Gasteiger partial charge in [-0.05, 0) is 47.9 Å². The van der Waals surface area contributed by atoms with Crippen LogP contribution in [0.15, 0.2) is 48.5 Å². The van der Waals surface area contributed by atoms with Gasteiger partial charge in [0.15, 0.2) is 0 Å². The lowest BCUT2D eigenvalue weighted by atomic mass is 9.98. The standard InChI is InChI=1S/C26H30N2O5/c1-2-16(25(30)31)14-27-24(29)17-11-12-18(13-17)28-26(32)33-15-23-21-9-5-3-7-19(21)20-8-4-6-10-22(20)23/h3-10,16-18,23H,2,11-15H2,1H3,(H,27,29)(H,28,32)(H,30,31). The van der Waals surface area contributed by atoms with Crippen LogP contribution in [0.3, 0.4) is 0 Å². The molecule has 7 nitrogen and oxygen atoms in total. The van der Waals surface area contributed by atoms with Gasteiger partial charge in [0.1, 0.15) is 6.61 Å². The molecule has 2 aromatic rings. The average molecular weight is 451 g/mol. The van der Waals surface area contributed by atoms with Crippen molar-refractivity contribution in [2.24, 2.45) is 11.8 Å². The minimum absolute atomic E-state index is 0.00556. The number of rotatable bonds is 8. The Bertz CT molecular complexity index is 991. The van der Waals surface area contributed by atoms with Gasteiger partial charge < -0.3 is 20.5 Å². The molecular formula is C26H30N2O5. The van der Waals surface area contributed by atoms with Gasteiger partial charge in [-0.2, -0.15) is 0 Å². The Balaban J connectivity index is 1.27. The fraction of sp³-hybridized carbons (Fsp3) is 0.423. The molecule has 0 bridgehead atoms. The van der Waals surface area contributed by atoms with Crippen LogP contribution in [-0.4, -0.2) is 42.3 Å². The van der Waals surface area contributed by atoms with Crippen LogP contribution in [0.25, 0.3) is 11.1 Å². The summed E-state index contributed by atoms with van der Waals surface area (Å²) in [5.74, 6) is -1.85. The second kappa shape index (κ2) is 10.1. The summed E-state index contributed by atoms with van der Waals surface area (Å²) in [6.07, 6.45) is 1.87. The fourth-order valence-electron chi connectivity index (χ4n) is 4.93. The van der Waals surface area contributed by atoms with Crippen molar-refractivity contribution in [2.75, 3.05) is 13.2 Å². The van der Waals surface area contributed by atoms with Crippen molar-refractivity contribution in [3.63, 3.8) is 0 Å². The van der Waals surface area contributed by atoms with E-state index >= 15 is 0 Å². The van der Waals surface area contributed by atoms with Crippen molar-refractivity contribution >= 4 is 18.0 Å². The molecule has 0 radical (unpaired) electrons. The van der Waals surface area contributed by atoms with Crippen LogP contribution in [0.1, 0.15) is 49.7 Å². The van der Waals surface area contributed by atoms with E-state index in [1.165, 1.54) is 11.1 Å². The van der Waals surface area contributed by atoms with Gasteiger partial charge in [0, 0.05) is 24.4 Å². The third-order valence-corrected chi connectivity index (χ3v) is 6.83. The Morgan fingerprint density at radius 2 is 1.67 bits per heavy atom. The van der Waals surface area contributed by atoms with E-state index in [0.29, 0.717) is 25.7 Å². The first-order valence-corrected chi connectivity index (χ1v) is 11.6. The van der Waals surface area contributed by atoms with Crippen LogP contribution in [0, 0.1) is 11.8 Å². The summed E-state index contributed by atoms with van der Waals surface area (Å²) >= 11 is 0. The van der Waals surface area contributed by atoms with E-state index in [9.17, 15) is 14.4 Å². The zero-order valence-corrected chi connectivity index (χ0v) is 18.8. The molecule has 0 saturated heterocycles. The Hall–Kier alpha value is -3.35. The maximum atomic E-state index is 12.5. The molecule has 3 unspecified atom stereocenters. The van der Waals surface area contributed by atoms with Crippen molar-refractivity contribution < 1.29 is 24.2 Å². The largest absolute Gasteiger partial charge is 0.481 e. The Morgan fingerprint density at radius 3 is 2.27 bits per heavy atom. The smallest absolute Gasteiger partial charge is 0.407 e. The average Bonchev–Trinajstić information content (AvgIpc) is 3.40. The Labute approximate surface area is 193 Å². The van der Waals surface area contributed by atoms with Gasteiger partial charge in [0.05, 0.1) is 5.92 Å². The molecule has 4 rings (SSSR count). The van der Waals surface area contributed by atoms with Crippen molar-refractivity contribution in [1.29, 1.82) is 0 Å². The zero-order chi connectivity index (χ0) is 23.4. The van der Waals surface area contributed by atoms with E-state index in [-0.39, 0.29) is 36.9 Å². The number of alkyl carbamates (subject to hydrolysis) is 1. The molecule has 0 aromatic heterocycles. The van der Waals surface area contributed by atoms with E-state index in [2.05, 4.69) is 34.9 Å². The van der Waals surface area contributed by atoms with Gasteiger partial charge >= 0.3 is 12.1 Å². The summed E-state index contributed by atoms with van der Waals surface area (Å²) in [6, 6.07) is 16.3. The zero-order valence-electron chi connectivity index (χ0n) is 18.8. The van der Waals surface area contributed by atoms with Crippen LogP contribution in [0.2, 0.25) is 0 Å². The quantitative estimate of drug-likeness (QED) is 0.565. The van der Waals surface area contributed by atoms with Crippen molar-refractivity contribution in [1.82, 2.24) is 10.6 Å². The number of ether oxygens (including phenoxy) is 1. The monoisotopic (exact) mass is 450 g/mol. The number of nitrogens with one attached hydrogen (secondary N) is 2. The predicted molar refractivity (Wildman–Crippen MR) is 124 cm³/mol. The van der Waals surface area contributed by atoms with Crippen molar-refractivity contribution in [3.05, 3.63) is 59.7 Å². The van der Waals surface area contributed by atoms with E-state index < -0.39 is 18.0 Å². The summed E-state index contributed by atoms with van der Waals surface area (Å²) in [5.41, 5.74) is 4.69. The first-order chi connectivity index (χ1) is 16.0. The first-order valence-electron chi connectivity index (χ1n) is 11.6. The molecule has 3 N–H and O–H groups in total. The van der Waals surface area contributed by atoms with Crippen molar-refractivity contribution in [3.8, 4) is 11.1 Å². The molecule has 2 amide bonds. The number of carbonyl (C=O) groups excluding carboxylic acids is 2. The highest BCUT2D eigenvalue weighted by Gasteiger charge is 2.33. The van der Waals surface area contributed by atoms with E-state index in [1.54, 1.807) is 6.92 Å². The minimum Gasteiger partial charge on any atom is -0.481 e. The highest BCUT2D eigenvalue weighted by Crippen LogP contribution is 2.44. The number of carbonyl (C=O) groups is 3. The molecule has 1 saturated carbocycles. The SMILES string of the molecule is CCC(CNC(=O)C1CCC(NC(=O)OCC2c3ccccc3-c3ccccc32)C1)C(=O)O. The molecule has 2 aliphatic carbocycles. The molecule has 3 atom stereocenters. The molecule has 0 spiro atoms. The highest BCUT2D eigenvalue weighted by molar-refractivity contribution is 5.80. The maximum absolute atomic E-state index is 12.5. The van der Waals surface area contributed by atoms with Crippen LogP contribution in [0.5, 0.6) is 0 Å². The second-order valence-electron chi connectivity index (χ2n) is 8.87. The Morgan fingerprint density at radius 1 is 1.03 bits per heavy atom. The molecule has 2 aromatic carbocycles. The summed E-state index contributed by atoms with van der Waals surface area (Å²) in [5, 5.41) is 14.8. The lowest BCUT2D eigenvalue weighted by Crippen LogP contribution is -2.37. The molecule has 174 valence electrons. The van der Waals surface area contributed by atoms with Crippen molar-refractivity contribution in [2.45, 2.75) is 44.6 Å². The molecule has 33 heavy (non-hydrogen) atoms. The summed E-state index contributed by atoms with van der Waals surface area (Å²) < 4.78 is 5.60. The Kier molecular flexibility index (Phi) is 6.96. The predicted octanol–water partition coefficient (Wildman–Crippen LogP) is 3.92. The number of amides is 2. The molecular weight excluding hydrogens is 420 g/mol. The number of fused-ring (bicyclic) bond motifs is 3. The van der Waals surface area contributed by atoms with E-state index in [1.807, 2.05) is 24.3 Å². The van der Waals surface area contributed by atoms with Gasteiger partial charge in [-0.25, -0.2) is 4.79 Å². The molecule has 1 fully saturated rings. The number of aliphatic carboxylic acids is 1. The number of hydrogen-bond acceptors (Lipinski definition) is 4. The van der Waals surface area contributed by atoms with Crippen LogP contribution < -0.4 is 10.6 Å². The third-order valence-electron chi connectivity index (χ3n) is 6.83. The van der Waals surface area contributed by atoms with Crippen LogP contribution in [0.4, 0.5) is 4.79 Å². The first kappa shape index (κ1) is 22.8. The number of hydrogen-bond donors (Lipinski definition) is 3. The van der Waals surface area contributed by atoms with Crippen LogP contribution >= 0.6 is 0 Å². The summed E-state index contributed by atoms with van der Waals surface area (Å²) in [4.78, 5) is 36.0. The number of carboxylic acid groups (broad SMARTS) is 1. The third kappa shape index (κ3) is 5.02. The van der Waals surface area contributed by atoms with Crippen LogP contribution in [-0.2, 0) is 14.3 Å². The molecule has 0 aliphatic heterocycles. The summed E-state index contributed by atoms with van der Waals surface area (Å²) in [7, 11) is 0. The minimum atomic E-state index is -0.904. The van der Waals surface area contributed by atoms with Gasteiger partial charge in [0.2, 0.25) is 5.91 Å². The fourth-order valence-corrected chi connectivity index (χ4v) is 4.93. The van der Waals surface area contributed by atoms with E-state index in [0.717, 1.165) is 11.1 Å². The van der Waals surface area contributed by atoms with Gasteiger partial charge in [-0.1, -0.05) is 55.5 Å². The highest BCUT2D eigenvalue weighted by atomic mass is 16.5. The van der Waals surface area contributed by atoms with Gasteiger partial charge in [-0.3, -0.25) is 9.59 Å². The van der Waals surface area contributed by atoms with Gasteiger partial charge in [0.25, 0.3) is 0 Å². The number of benzene rings is 2. The molecule has 7 heteroatoms. The maximum Gasteiger partial charge on any atom is 0.407 e. The lowest BCUT2D eigenvalue weighted by molar-refractivity contribution is -0.141. The second-order valence-corrected chi connectivity index (χ2v) is 8.87. The van der Waals surface area contributed by atoms with E-state index in [4.69, 9.17) is 9.84 Å². The normalized spacial score (nSPS) is 19.9. The summed E-state index contributed by atoms with van der Waals surface area (Å²) in [6.45, 7) is 2.17.